The molecular weight excluding hydrogens is 336 g/mol. The average Bonchev–Trinajstić information content (AvgIpc) is 2.95. The quantitative estimate of drug-likeness (QED) is 0.654. The van der Waals surface area contributed by atoms with Gasteiger partial charge in [-0.3, -0.25) is 4.72 Å². The van der Waals surface area contributed by atoms with Gasteiger partial charge in [-0.05, 0) is 49.1 Å². The molecular formula is C18H20N4O2S. The molecule has 0 atom stereocenters. The van der Waals surface area contributed by atoms with E-state index < -0.39 is 10.0 Å². The number of nitrogens with two attached hydrogens (primary N) is 1. The summed E-state index contributed by atoms with van der Waals surface area (Å²) >= 11 is 0. The third-order valence-electron chi connectivity index (χ3n) is 4.59. The number of benzene rings is 2. The van der Waals surface area contributed by atoms with E-state index in [0.717, 1.165) is 36.1 Å². The fourth-order valence-corrected chi connectivity index (χ4v) is 4.33. The number of rotatable bonds is 5. The summed E-state index contributed by atoms with van der Waals surface area (Å²) in [5.41, 5.74) is 8.00. The van der Waals surface area contributed by atoms with Gasteiger partial charge in [0, 0.05) is 12.5 Å². The molecule has 0 unspecified atom stereocenters. The summed E-state index contributed by atoms with van der Waals surface area (Å²) in [5.74, 6) is 1.52. The van der Waals surface area contributed by atoms with E-state index in [0.29, 0.717) is 17.6 Å². The smallest absolute Gasteiger partial charge is 0.261 e. The molecule has 0 bridgehead atoms. The summed E-state index contributed by atoms with van der Waals surface area (Å²) in [6.45, 7) is 0. The van der Waals surface area contributed by atoms with Crippen molar-refractivity contribution in [2.45, 2.75) is 30.2 Å². The molecule has 0 spiro atoms. The van der Waals surface area contributed by atoms with E-state index in [1.54, 1.807) is 42.5 Å². The van der Waals surface area contributed by atoms with Crippen LogP contribution in [0.2, 0.25) is 0 Å². The first-order valence-corrected chi connectivity index (χ1v) is 9.80. The summed E-state index contributed by atoms with van der Waals surface area (Å²) in [4.78, 5) is 8.11. The lowest BCUT2D eigenvalue weighted by Crippen LogP contribution is -2.37. The minimum atomic E-state index is -3.59. The van der Waals surface area contributed by atoms with E-state index in [2.05, 4.69) is 14.7 Å². The number of imidazole rings is 1. The van der Waals surface area contributed by atoms with Crippen LogP contribution in [-0.2, 0) is 16.4 Å². The molecule has 4 N–H and O–H groups in total. The Labute approximate surface area is 146 Å². The maximum absolute atomic E-state index is 12.4. The monoisotopic (exact) mass is 356 g/mol. The summed E-state index contributed by atoms with van der Waals surface area (Å²) in [5, 5.41) is 0. The predicted octanol–water partition coefficient (Wildman–Crippen LogP) is 2.64. The Hall–Kier alpha value is -2.38. The van der Waals surface area contributed by atoms with E-state index >= 15 is 0 Å². The van der Waals surface area contributed by atoms with Crippen LogP contribution in [0.5, 0.6) is 0 Å². The normalized spacial score (nSPS) is 20.4. The number of aromatic nitrogens is 2. The van der Waals surface area contributed by atoms with Crippen LogP contribution in [0.15, 0.2) is 53.4 Å². The number of hydrogen-bond acceptors (Lipinski definition) is 4. The minimum absolute atomic E-state index is 0.238. The molecule has 1 saturated carbocycles. The Balaban J connectivity index is 1.55. The average molecular weight is 356 g/mol. The van der Waals surface area contributed by atoms with Crippen molar-refractivity contribution < 1.29 is 8.42 Å². The molecule has 2 aromatic carbocycles. The van der Waals surface area contributed by atoms with Crippen LogP contribution in [-0.4, -0.2) is 24.4 Å². The lowest BCUT2D eigenvalue weighted by molar-refractivity contribution is 0.261. The van der Waals surface area contributed by atoms with Crippen LogP contribution in [0, 0.1) is 5.92 Å². The van der Waals surface area contributed by atoms with Crippen LogP contribution in [0.4, 0.5) is 5.69 Å². The first-order valence-electron chi connectivity index (χ1n) is 8.32. The second kappa shape index (κ2) is 6.16. The Bertz CT molecular complexity index is 992. The highest BCUT2D eigenvalue weighted by Gasteiger charge is 2.26. The van der Waals surface area contributed by atoms with Crippen LogP contribution in [0.1, 0.15) is 18.7 Å². The predicted molar refractivity (Wildman–Crippen MR) is 97.7 cm³/mol. The fraction of sp³-hybridized carbons (Fsp3) is 0.278. The number of sulfonamides is 1. The van der Waals surface area contributed by atoms with Crippen LogP contribution in [0.25, 0.3) is 11.0 Å². The van der Waals surface area contributed by atoms with E-state index in [1.807, 2.05) is 6.07 Å². The second-order valence-corrected chi connectivity index (χ2v) is 8.32. The van der Waals surface area contributed by atoms with Crippen molar-refractivity contribution in [1.82, 2.24) is 9.97 Å². The van der Waals surface area contributed by atoms with Gasteiger partial charge >= 0.3 is 0 Å². The van der Waals surface area contributed by atoms with Gasteiger partial charge in [0.1, 0.15) is 5.82 Å². The topological polar surface area (TPSA) is 101 Å². The number of fused-ring (bicyclic) bond motifs is 1. The standard InChI is InChI=1S/C18H20N4O2S/c19-13-8-12(9-13)10-18-20-16-7-6-14(11-17(16)21-18)22-25(23,24)15-4-2-1-3-5-15/h1-7,11-13,22H,8-10,19H2,(H,20,21)/t12-,13-. The first kappa shape index (κ1) is 16.1. The summed E-state index contributed by atoms with van der Waals surface area (Å²) in [7, 11) is -3.59. The van der Waals surface area contributed by atoms with Gasteiger partial charge in [-0.1, -0.05) is 18.2 Å². The van der Waals surface area contributed by atoms with Crippen molar-refractivity contribution in [3.8, 4) is 0 Å². The highest BCUT2D eigenvalue weighted by atomic mass is 32.2. The molecule has 7 heteroatoms. The molecule has 1 fully saturated rings. The molecule has 0 amide bonds. The Morgan fingerprint density at radius 3 is 2.64 bits per heavy atom. The lowest BCUT2D eigenvalue weighted by atomic mass is 9.79. The molecule has 0 saturated heterocycles. The maximum Gasteiger partial charge on any atom is 0.261 e. The highest BCUT2D eigenvalue weighted by molar-refractivity contribution is 7.92. The summed E-state index contributed by atoms with van der Waals surface area (Å²) in [6.07, 6.45) is 2.96. The molecule has 1 aliphatic carbocycles. The SMILES string of the molecule is N[C@H]1C[C@H](Cc2nc3ccc(NS(=O)(=O)c4ccccc4)cc3[nH]2)C1. The molecule has 1 aliphatic rings. The molecule has 25 heavy (non-hydrogen) atoms. The molecule has 6 nitrogen and oxygen atoms in total. The number of hydrogen-bond donors (Lipinski definition) is 3. The number of nitrogens with zero attached hydrogens (tertiary/aromatic N) is 1. The van der Waals surface area contributed by atoms with Gasteiger partial charge in [0.05, 0.1) is 21.6 Å². The van der Waals surface area contributed by atoms with Gasteiger partial charge in [-0.15, -0.1) is 0 Å². The summed E-state index contributed by atoms with van der Waals surface area (Å²) in [6, 6.07) is 14.0. The van der Waals surface area contributed by atoms with E-state index in [1.165, 1.54) is 0 Å². The largest absolute Gasteiger partial charge is 0.342 e. The molecule has 130 valence electrons. The number of H-pyrrole nitrogens is 1. The zero-order valence-corrected chi connectivity index (χ0v) is 14.5. The van der Waals surface area contributed by atoms with Crippen molar-refractivity contribution in [3.63, 3.8) is 0 Å². The zero-order valence-electron chi connectivity index (χ0n) is 13.6. The zero-order chi connectivity index (χ0) is 17.4. The van der Waals surface area contributed by atoms with E-state index in [9.17, 15) is 8.42 Å². The Morgan fingerprint density at radius 1 is 1.16 bits per heavy atom. The van der Waals surface area contributed by atoms with E-state index in [4.69, 9.17) is 5.73 Å². The lowest BCUT2D eigenvalue weighted by Gasteiger charge is -2.31. The van der Waals surface area contributed by atoms with Gasteiger partial charge in [-0.25, -0.2) is 13.4 Å². The van der Waals surface area contributed by atoms with Gasteiger partial charge in [0.15, 0.2) is 0 Å². The second-order valence-electron chi connectivity index (χ2n) is 6.64. The van der Waals surface area contributed by atoms with Crippen molar-refractivity contribution in [3.05, 3.63) is 54.4 Å². The molecule has 1 heterocycles. The fourth-order valence-electron chi connectivity index (χ4n) is 3.26. The Morgan fingerprint density at radius 2 is 1.92 bits per heavy atom. The third-order valence-corrected chi connectivity index (χ3v) is 5.99. The van der Waals surface area contributed by atoms with Crippen LogP contribution in [0.3, 0.4) is 0 Å². The van der Waals surface area contributed by atoms with Crippen molar-refractivity contribution in [2.75, 3.05) is 4.72 Å². The van der Waals surface area contributed by atoms with Gasteiger partial charge in [0.25, 0.3) is 10.0 Å². The maximum atomic E-state index is 12.4. The molecule has 3 aromatic rings. The minimum Gasteiger partial charge on any atom is -0.342 e. The van der Waals surface area contributed by atoms with Crippen LogP contribution < -0.4 is 10.5 Å². The number of aromatic amines is 1. The van der Waals surface area contributed by atoms with Gasteiger partial charge < -0.3 is 10.7 Å². The molecule has 1 aromatic heterocycles. The molecule has 0 radical (unpaired) electrons. The molecule has 4 rings (SSSR count). The van der Waals surface area contributed by atoms with Gasteiger partial charge in [-0.2, -0.15) is 0 Å². The molecule has 0 aliphatic heterocycles. The van der Waals surface area contributed by atoms with Crippen molar-refractivity contribution in [1.29, 1.82) is 0 Å². The number of anilines is 1. The van der Waals surface area contributed by atoms with Gasteiger partial charge in [0.2, 0.25) is 0 Å². The van der Waals surface area contributed by atoms with E-state index in [-0.39, 0.29) is 4.90 Å². The third kappa shape index (κ3) is 3.38. The number of nitrogens with one attached hydrogen (secondary N) is 2. The van der Waals surface area contributed by atoms with Crippen LogP contribution >= 0.6 is 0 Å². The Kier molecular flexibility index (Phi) is 3.97. The van der Waals surface area contributed by atoms with Crippen molar-refractivity contribution >= 4 is 26.7 Å². The highest BCUT2D eigenvalue weighted by Crippen LogP contribution is 2.29. The first-order chi connectivity index (χ1) is 12.0. The van der Waals surface area contributed by atoms with Crippen molar-refractivity contribution in [2.24, 2.45) is 11.7 Å². The summed E-state index contributed by atoms with van der Waals surface area (Å²) < 4.78 is 27.4.